The molecule has 1 aliphatic heterocycles. The minimum Gasteiger partial charge on any atom is -0.480 e. The zero-order valence-corrected chi connectivity index (χ0v) is 15.7. The summed E-state index contributed by atoms with van der Waals surface area (Å²) in [6.07, 6.45) is 0.483. The number of nitrogens with one attached hydrogen (secondary N) is 1. The fourth-order valence-corrected chi connectivity index (χ4v) is 4.58. The first-order valence-corrected chi connectivity index (χ1v) is 9.76. The van der Waals surface area contributed by atoms with E-state index in [0.29, 0.717) is 5.56 Å². The minimum absolute atomic E-state index is 0.0734. The Morgan fingerprint density at radius 2 is 1.93 bits per heavy atom. The predicted molar refractivity (Wildman–Crippen MR) is 94.6 cm³/mol. The second kappa shape index (κ2) is 8.01. The number of non-ortho nitro benzene ring substituents is 1. The third kappa shape index (κ3) is 4.61. The van der Waals surface area contributed by atoms with Crippen LogP contribution in [0.3, 0.4) is 0 Å². The molecule has 1 atom stereocenters. The van der Waals surface area contributed by atoms with Crippen LogP contribution in [0.5, 0.6) is 0 Å². The average Bonchev–Trinajstić information content (AvgIpc) is 2.61. The smallest absolute Gasteiger partial charge is 0.325 e. The van der Waals surface area contributed by atoms with E-state index in [4.69, 9.17) is 5.11 Å². The van der Waals surface area contributed by atoms with E-state index in [2.05, 4.69) is 5.32 Å². The van der Waals surface area contributed by atoms with E-state index in [1.54, 1.807) is 6.92 Å². The van der Waals surface area contributed by atoms with Gasteiger partial charge in [-0.15, -0.1) is 0 Å². The molecule has 1 aromatic rings. The van der Waals surface area contributed by atoms with Gasteiger partial charge in [-0.1, -0.05) is 6.07 Å². The highest BCUT2D eigenvalue weighted by molar-refractivity contribution is 7.89. The molecule has 1 aromatic carbocycles. The van der Waals surface area contributed by atoms with E-state index in [1.165, 1.54) is 23.4 Å². The monoisotopic (exact) mass is 399 g/mol. The van der Waals surface area contributed by atoms with Crippen LogP contribution >= 0.6 is 0 Å². The number of rotatable bonds is 6. The Bertz CT molecular complexity index is 861. The molecule has 0 aromatic heterocycles. The molecule has 2 rings (SSSR count). The van der Waals surface area contributed by atoms with Crippen molar-refractivity contribution in [3.05, 3.63) is 33.9 Å². The number of carboxylic acid groups (broad SMARTS) is 1. The van der Waals surface area contributed by atoms with Gasteiger partial charge in [0, 0.05) is 31.1 Å². The van der Waals surface area contributed by atoms with Crippen molar-refractivity contribution in [2.75, 3.05) is 13.1 Å². The maximum Gasteiger partial charge on any atom is 0.325 e. The van der Waals surface area contributed by atoms with E-state index in [9.17, 15) is 28.1 Å². The largest absolute Gasteiger partial charge is 0.480 e. The van der Waals surface area contributed by atoms with Gasteiger partial charge in [0.1, 0.15) is 6.04 Å². The van der Waals surface area contributed by atoms with Crippen LogP contribution < -0.4 is 5.32 Å². The highest BCUT2D eigenvalue weighted by Gasteiger charge is 2.34. The predicted octanol–water partition coefficient (Wildman–Crippen LogP) is 0.893. The molecule has 0 unspecified atom stereocenters. The maximum absolute atomic E-state index is 12.9. The Labute approximate surface area is 156 Å². The van der Waals surface area contributed by atoms with Gasteiger partial charge >= 0.3 is 5.97 Å². The van der Waals surface area contributed by atoms with Gasteiger partial charge in [0.05, 0.1) is 9.82 Å². The number of piperidine rings is 1. The molecule has 10 nitrogen and oxygen atoms in total. The van der Waals surface area contributed by atoms with Crippen molar-refractivity contribution in [1.29, 1.82) is 0 Å². The molecule has 0 aliphatic carbocycles. The van der Waals surface area contributed by atoms with Gasteiger partial charge in [-0.3, -0.25) is 19.7 Å². The number of amides is 1. The Morgan fingerprint density at radius 1 is 1.33 bits per heavy atom. The number of hydrogen-bond acceptors (Lipinski definition) is 6. The molecule has 1 amide bonds. The highest BCUT2D eigenvalue weighted by atomic mass is 32.2. The molecule has 148 valence electrons. The van der Waals surface area contributed by atoms with Gasteiger partial charge in [-0.2, -0.15) is 4.31 Å². The maximum atomic E-state index is 12.9. The summed E-state index contributed by atoms with van der Waals surface area (Å²) in [7, 11) is -3.93. The number of nitro benzene ring substituents is 1. The lowest BCUT2D eigenvalue weighted by atomic mass is 9.97. The molecule has 1 fully saturated rings. The van der Waals surface area contributed by atoms with E-state index in [0.717, 1.165) is 6.07 Å². The molecular formula is C16H21N3O7S. The van der Waals surface area contributed by atoms with Gasteiger partial charge < -0.3 is 10.4 Å². The van der Waals surface area contributed by atoms with Crippen LogP contribution in [-0.2, 0) is 19.6 Å². The van der Waals surface area contributed by atoms with E-state index in [-0.39, 0.29) is 36.5 Å². The second-order valence-corrected chi connectivity index (χ2v) is 8.36. The molecule has 27 heavy (non-hydrogen) atoms. The Morgan fingerprint density at radius 3 is 2.44 bits per heavy atom. The molecular weight excluding hydrogens is 378 g/mol. The zero-order valence-electron chi connectivity index (χ0n) is 14.9. The number of benzene rings is 1. The van der Waals surface area contributed by atoms with Crippen LogP contribution in [0.1, 0.15) is 25.3 Å². The van der Waals surface area contributed by atoms with Crippen molar-refractivity contribution in [2.45, 2.75) is 37.6 Å². The van der Waals surface area contributed by atoms with Gasteiger partial charge in [0.15, 0.2) is 0 Å². The summed E-state index contributed by atoms with van der Waals surface area (Å²) >= 11 is 0. The van der Waals surface area contributed by atoms with Crippen LogP contribution in [0.25, 0.3) is 0 Å². The van der Waals surface area contributed by atoms with Crippen LogP contribution in [-0.4, -0.2) is 53.8 Å². The third-order valence-corrected chi connectivity index (χ3v) is 6.59. The number of nitrogens with zero attached hydrogens (tertiary/aromatic N) is 2. The first-order chi connectivity index (χ1) is 12.5. The van der Waals surface area contributed by atoms with Crippen molar-refractivity contribution in [2.24, 2.45) is 5.92 Å². The number of carbonyl (C=O) groups is 2. The molecule has 0 bridgehead atoms. The van der Waals surface area contributed by atoms with Crippen LogP contribution in [0.2, 0.25) is 0 Å². The van der Waals surface area contributed by atoms with Gasteiger partial charge in [0.25, 0.3) is 5.69 Å². The number of sulfonamides is 1. The van der Waals surface area contributed by atoms with Gasteiger partial charge in [-0.05, 0) is 32.3 Å². The van der Waals surface area contributed by atoms with Crippen LogP contribution in [0.4, 0.5) is 5.69 Å². The van der Waals surface area contributed by atoms with Crippen molar-refractivity contribution in [1.82, 2.24) is 9.62 Å². The van der Waals surface area contributed by atoms with E-state index in [1.807, 2.05) is 0 Å². The number of hydrogen-bond donors (Lipinski definition) is 2. The Kier molecular flexibility index (Phi) is 6.16. The standard InChI is InChI=1S/C16H21N3O7S/c1-10-3-4-13(19(23)24)9-14(10)27(25,26)18-7-5-12(6-8-18)15(20)17-11(2)16(21)22/h3-4,9,11-12H,5-8H2,1-2H3,(H,17,20)(H,21,22)/t11-/m0/s1. The van der Waals surface area contributed by atoms with Crippen molar-refractivity contribution >= 4 is 27.6 Å². The summed E-state index contributed by atoms with van der Waals surface area (Å²) in [4.78, 5) is 33.1. The van der Waals surface area contributed by atoms with Crippen molar-refractivity contribution < 1.29 is 28.0 Å². The summed E-state index contributed by atoms with van der Waals surface area (Å²) in [5.41, 5.74) is 0.0897. The average molecular weight is 399 g/mol. The van der Waals surface area contributed by atoms with Gasteiger partial charge in [0.2, 0.25) is 15.9 Å². The molecule has 11 heteroatoms. The van der Waals surface area contributed by atoms with Crippen LogP contribution in [0, 0.1) is 23.0 Å². The van der Waals surface area contributed by atoms with E-state index >= 15 is 0 Å². The van der Waals surface area contributed by atoms with Crippen LogP contribution in [0.15, 0.2) is 23.1 Å². The summed E-state index contributed by atoms with van der Waals surface area (Å²) in [5.74, 6) is -2.05. The number of carboxylic acids is 1. The molecule has 1 saturated heterocycles. The summed E-state index contributed by atoms with van der Waals surface area (Å²) < 4.78 is 26.9. The lowest BCUT2D eigenvalue weighted by Gasteiger charge is -2.31. The SMILES string of the molecule is Cc1ccc([N+](=O)[O-])cc1S(=O)(=O)N1CCC(C(=O)N[C@@H](C)C(=O)O)CC1. The summed E-state index contributed by atoms with van der Waals surface area (Å²) in [5, 5.41) is 22.2. The first-order valence-electron chi connectivity index (χ1n) is 8.32. The number of aliphatic carboxylic acids is 1. The minimum atomic E-state index is -3.93. The third-order valence-electron chi connectivity index (χ3n) is 4.55. The molecule has 1 heterocycles. The Hall–Kier alpha value is -2.53. The number of nitro groups is 1. The molecule has 1 aliphatic rings. The number of aryl methyl sites for hydroxylation is 1. The summed E-state index contributed by atoms with van der Waals surface area (Å²) in [6.45, 7) is 3.06. The molecule has 0 saturated carbocycles. The lowest BCUT2D eigenvalue weighted by molar-refractivity contribution is -0.385. The fraction of sp³-hybridized carbons (Fsp3) is 0.500. The van der Waals surface area contributed by atoms with Gasteiger partial charge in [-0.25, -0.2) is 8.42 Å². The van der Waals surface area contributed by atoms with Crippen molar-refractivity contribution in [3.63, 3.8) is 0 Å². The molecule has 0 radical (unpaired) electrons. The van der Waals surface area contributed by atoms with Crippen molar-refractivity contribution in [3.8, 4) is 0 Å². The first kappa shape index (κ1) is 20.8. The fourth-order valence-electron chi connectivity index (χ4n) is 2.87. The quantitative estimate of drug-likeness (QED) is 0.533. The zero-order chi connectivity index (χ0) is 20.4. The summed E-state index contributed by atoms with van der Waals surface area (Å²) in [6, 6.07) is 2.65. The number of carbonyl (C=O) groups excluding carboxylic acids is 1. The second-order valence-electron chi connectivity index (χ2n) is 6.45. The van der Waals surface area contributed by atoms with E-state index < -0.39 is 38.8 Å². The lowest BCUT2D eigenvalue weighted by Crippen LogP contribution is -2.46. The molecule has 0 spiro atoms. The molecule has 2 N–H and O–H groups in total. The topological polar surface area (TPSA) is 147 Å². The normalized spacial score (nSPS) is 17.3. The Balaban J connectivity index is 2.11. The highest BCUT2D eigenvalue weighted by Crippen LogP contribution is 2.28.